The van der Waals surface area contributed by atoms with Gasteiger partial charge >= 0.3 is 0 Å². The molecule has 2 heterocycles. The quantitative estimate of drug-likeness (QED) is 0.859. The van der Waals surface area contributed by atoms with Crippen LogP contribution in [0.1, 0.15) is 57.8 Å². The van der Waals surface area contributed by atoms with Gasteiger partial charge < -0.3 is 14.8 Å². The first-order valence-electron chi connectivity index (χ1n) is 8.70. The maximum Gasteiger partial charge on any atom is 0.0939 e. The third-order valence-corrected chi connectivity index (χ3v) is 5.85. The second-order valence-corrected chi connectivity index (χ2v) is 7.22. The molecule has 3 rings (SSSR count). The summed E-state index contributed by atoms with van der Waals surface area (Å²) in [5.41, 5.74) is 0.0601. The molecule has 0 aromatic heterocycles. The number of ether oxygens (including phenoxy) is 2. The van der Waals surface area contributed by atoms with Crippen molar-refractivity contribution < 1.29 is 9.47 Å². The molecule has 1 aliphatic carbocycles. The smallest absolute Gasteiger partial charge is 0.0939 e. The highest BCUT2D eigenvalue weighted by Gasteiger charge is 2.42. The van der Waals surface area contributed by atoms with Crippen LogP contribution < -0.4 is 5.32 Å². The summed E-state index contributed by atoms with van der Waals surface area (Å²) in [6, 6.07) is 0.680. The zero-order valence-electron chi connectivity index (χ0n) is 13.0. The van der Waals surface area contributed by atoms with Crippen molar-refractivity contribution in [1.82, 2.24) is 5.32 Å². The molecule has 1 N–H and O–H groups in total. The minimum absolute atomic E-state index is 0.0601. The fraction of sp³-hybridized carbons (Fsp3) is 1.00. The Balaban J connectivity index is 1.57. The highest BCUT2D eigenvalue weighted by Crippen LogP contribution is 2.39. The standard InChI is InChI=1S/C17H31NO2/c1-18-16(11-14-5-3-2-4-6-14)15-7-9-20-17(12-15)8-10-19-13-17/h14-16,18H,2-13H2,1H3. The number of hydrogen-bond donors (Lipinski definition) is 1. The van der Waals surface area contributed by atoms with E-state index in [2.05, 4.69) is 12.4 Å². The van der Waals surface area contributed by atoms with Gasteiger partial charge in [0.1, 0.15) is 0 Å². The lowest BCUT2D eigenvalue weighted by molar-refractivity contribution is -0.103. The summed E-state index contributed by atoms with van der Waals surface area (Å²) in [5, 5.41) is 3.63. The van der Waals surface area contributed by atoms with Gasteiger partial charge in [-0.1, -0.05) is 32.1 Å². The summed E-state index contributed by atoms with van der Waals surface area (Å²) in [6.07, 6.45) is 12.2. The molecular weight excluding hydrogens is 250 g/mol. The zero-order chi connectivity index (χ0) is 13.8. The van der Waals surface area contributed by atoms with Crippen LogP contribution in [-0.2, 0) is 9.47 Å². The lowest BCUT2D eigenvalue weighted by Gasteiger charge is -2.41. The highest BCUT2D eigenvalue weighted by molar-refractivity contribution is 4.94. The van der Waals surface area contributed by atoms with E-state index in [0.717, 1.165) is 38.1 Å². The van der Waals surface area contributed by atoms with Crippen LogP contribution in [0.2, 0.25) is 0 Å². The molecule has 3 fully saturated rings. The molecule has 20 heavy (non-hydrogen) atoms. The molecular formula is C17H31NO2. The molecule has 3 atom stereocenters. The fourth-order valence-electron chi connectivity index (χ4n) is 4.60. The van der Waals surface area contributed by atoms with E-state index in [1.165, 1.54) is 51.4 Å². The van der Waals surface area contributed by atoms with Crippen molar-refractivity contribution in [2.24, 2.45) is 11.8 Å². The van der Waals surface area contributed by atoms with E-state index in [9.17, 15) is 0 Å². The van der Waals surface area contributed by atoms with Crippen LogP contribution in [0.15, 0.2) is 0 Å². The van der Waals surface area contributed by atoms with Crippen LogP contribution in [0.25, 0.3) is 0 Å². The molecule has 3 nitrogen and oxygen atoms in total. The van der Waals surface area contributed by atoms with Crippen LogP contribution in [0.4, 0.5) is 0 Å². The minimum atomic E-state index is 0.0601. The predicted octanol–water partition coefficient (Wildman–Crippen LogP) is 3.13. The number of nitrogens with one attached hydrogen (secondary N) is 1. The monoisotopic (exact) mass is 281 g/mol. The van der Waals surface area contributed by atoms with E-state index in [1.807, 2.05) is 0 Å². The molecule has 116 valence electrons. The fourth-order valence-corrected chi connectivity index (χ4v) is 4.60. The van der Waals surface area contributed by atoms with Crippen LogP contribution in [-0.4, -0.2) is 38.5 Å². The van der Waals surface area contributed by atoms with Crippen LogP contribution >= 0.6 is 0 Å². The van der Waals surface area contributed by atoms with Crippen molar-refractivity contribution in [2.75, 3.05) is 26.9 Å². The highest BCUT2D eigenvalue weighted by atomic mass is 16.6. The Bertz CT molecular complexity index is 295. The molecule has 1 spiro atoms. The lowest BCUT2D eigenvalue weighted by Crippen LogP contribution is -2.47. The van der Waals surface area contributed by atoms with Gasteiger partial charge in [-0.2, -0.15) is 0 Å². The topological polar surface area (TPSA) is 30.5 Å². The van der Waals surface area contributed by atoms with Crippen LogP contribution in [0.3, 0.4) is 0 Å². The maximum absolute atomic E-state index is 6.09. The number of hydrogen-bond acceptors (Lipinski definition) is 3. The second kappa shape index (κ2) is 6.76. The van der Waals surface area contributed by atoms with Crippen molar-refractivity contribution in [3.8, 4) is 0 Å². The largest absolute Gasteiger partial charge is 0.378 e. The van der Waals surface area contributed by atoms with E-state index < -0.39 is 0 Å². The second-order valence-electron chi connectivity index (χ2n) is 7.22. The van der Waals surface area contributed by atoms with Gasteiger partial charge in [0.15, 0.2) is 0 Å². The van der Waals surface area contributed by atoms with Crippen molar-refractivity contribution in [3.63, 3.8) is 0 Å². The molecule has 1 saturated carbocycles. The summed E-state index contributed by atoms with van der Waals surface area (Å²) in [6.45, 7) is 2.64. The van der Waals surface area contributed by atoms with E-state index in [1.54, 1.807) is 0 Å². The summed E-state index contributed by atoms with van der Waals surface area (Å²) < 4.78 is 11.7. The van der Waals surface area contributed by atoms with Gasteiger partial charge in [-0.3, -0.25) is 0 Å². The summed E-state index contributed by atoms with van der Waals surface area (Å²) in [5.74, 6) is 1.73. The Kier molecular flexibility index (Phi) is 5.00. The minimum Gasteiger partial charge on any atom is -0.378 e. The Hall–Kier alpha value is -0.120. The molecule has 3 heteroatoms. The SMILES string of the molecule is CNC(CC1CCCCC1)C1CCOC2(CCOC2)C1. The average molecular weight is 281 g/mol. The van der Waals surface area contributed by atoms with E-state index in [-0.39, 0.29) is 5.60 Å². The normalized spacial score (nSPS) is 37.4. The summed E-state index contributed by atoms with van der Waals surface area (Å²) >= 11 is 0. The van der Waals surface area contributed by atoms with Gasteiger partial charge in [0.25, 0.3) is 0 Å². The van der Waals surface area contributed by atoms with Gasteiger partial charge in [-0.15, -0.1) is 0 Å². The van der Waals surface area contributed by atoms with Crippen molar-refractivity contribution in [3.05, 3.63) is 0 Å². The van der Waals surface area contributed by atoms with Gasteiger partial charge in [0, 0.05) is 25.7 Å². The molecule has 2 aliphatic heterocycles. The maximum atomic E-state index is 6.09. The van der Waals surface area contributed by atoms with Crippen molar-refractivity contribution >= 4 is 0 Å². The molecule has 3 unspecified atom stereocenters. The van der Waals surface area contributed by atoms with Gasteiger partial charge in [0.05, 0.1) is 12.2 Å². The predicted molar refractivity (Wildman–Crippen MR) is 80.9 cm³/mol. The van der Waals surface area contributed by atoms with E-state index >= 15 is 0 Å². The first kappa shape index (κ1) is 14.8. The zero-order valence-corrected chi connectivity index (χ0v) is 13.0. The first-order valence-corrected chi connectivity index (χ1v) is 8.70. The average Bonchev–Trinajstić information content (AvgIpc) is 2.93. The summed E-state index contributed by atoms with van der Waals surface area (Å²) in [4.78, 5) is 0. The lowest BCUT2D eigenvalue weighted by atomic mass is 9.76. The van der Waals surface area contributed by atoms with Gasteiger partial charge in [-0.25, -0.2) is 0 Å². The molecule has 0 aromatic carbocycles. The van der Waals surface area contributed by atoms with Crippen LogP contribution in [0.5, 0.6) is 0 Å². The van der Waals surface area contributed by atoms with E-state index in [4.69, 9.17) is 9.47 Å². The molecule has 0 aromatic rings. The number of rotatable bonds is 4. The van der Waals surface area contributed by atoms with Crippen LogP contribution in [0, 0.1) is 11.8 Å². The molecule has 0 radical (unpaired) electrons. The molecule has 0 amide bonds. The Morgan fingerprint density at radius 2 is 2.00 bits per heavy atom. The van der Waals surface area contributed by atoms with Gasteiger partial charge in [-0.05, 0) is 38.1 Å². The third kappa shape index (κ3) is 3.37. The van der Waals surface area contributed by atoms with E-state index in [0.29, 0.717) is 6.04 Å². The molecule has 2 saturated heterocycles. The Labute approximate surface area is 123 Å². The molecule has 0 bridgehead atoms. The first-order chi connectivity index (χ1) is 9.81. The molecule has 3 aliphatic rings. The Morgan fingerprint density at radius 3 is 2.70 bits per heavy atom. The Morgan fingerprint density at radius 1 is 1.15 bits per heavy atom. The van der Waals surface area contributed by atoms with Crippen molar-refractivity contribution in [2.45, 2.75) is 69.4 Å². The van der Waals surface area contributed by atoms with Crippen molar-refractivity contribution in [1.29, 1.82) is 0 Å². The summed E-state index contributed by atoms with van der Waals surface area (Å²) in [7, 11) is 2.15. The van der Waals surface area contributed by atoms with Gasteiger partial charge in [0.2, 0.25) is 0 Å². The third-order valence-electron chi connectivity index (χ3n) is 5.85.